The quantitative estimate of drug-likeness (QED) is 0.505. The van der Waals surface area contributed by atoms with E-state index >= 15 is 0 Å². The number of hydrogen-bond donors (Lipinski definition) is 0. The van der Waals surface area contributed by atoms with E-state index in [4.69, 9.17) is 0 Å². The molecule has 0 saturated carbocycles. The number of hydrogen-bond acceptors (Lipinski definition) is 1. The summed E-state index contributed by atoms with van der Waals surface area (Å²) >= 11 is 0. The Morgan fingerprint density at radius 3 is 2.25 bits per heavy atom. The van der Waals surface area contributed by atoms with Crippen molar-refractivity contribution in [3.8, 4) is 0 Å². The summed E-state index contributed by atoms with van der Waals surface area (Å²) in [6.45, 7) is 8.40. The molecule has 0 aromatic carbocycles. The van der Waals surface area contributed by atoms with Gasteiger partial charge in [0.1, 0.15) is 5.78 Å². The Labute approximate surface area is 74.9 Å². The highest BCUT2D eigenvalue weighted by molar-refractivity contribution is 5.85. The Kier molecular flexibility index (Phi) is 2.41. The topological polar surface area (TPSA) is 17.1 Å². The maximum Gasteiger partial charge on any atom is 0.139 e. The van der Waals surface area contributed by atoms with Crippen LogP contribution < -0.4 is 0 Å². The Morgan fingerprint density at radius 2 is 1.67 bits per heavy atom. The van der Waals surface area contributed by atoms with Gasteiger partial charge in [0.05, 0.1) is 0 Å². The van der Waals surface area contributed by atoms with Gasteiger partial charge in [0, 0.05) is 11.8 Å². The van der Waals surface area contributed by atoms with E-state index in [1.165, 1.54) is 11.1 Å². The van der Waals surface area contributed by atoms with Gasteiger partial charge in [0.15, 0.2) is 0 Å². The number of ketones is 1. The van der Waals surface area contributed by atoms with Gasteiger partial charge in [-0.1, -0.05) is 25.0 Å². The average molecular weight is 166 g/mol. The first-order valence-electron chi connectivity index (χ1n) is 4.62. The highest BCUT2D eigenvalue weighted by atomic mass is 16.1. The molecule has 0 aromatic heterocycles. The summed E-state index contributed by atoms with van der Waals surface area (Å²) in [4.78, 5) is 11.6. The number of carbonyl (C=O) groups is 1. The zero-order valence-electron chi connectivity index (χ0n) is 8.53. The second-order valence-electron chi connectivity index (χ2n) is 4.54. The van der Waals surface area contributed by atoms with Crippen LogP contribution in [0.25, 0.3) is 0 Å². The van der Waals surface area contributed by atoms with Crippen LogP contribution in [0.3, 0.4) is 0 Å². The Balaban J connectivity index is 2.90. The summed E-state index contributed by atoms with van der Waals surface area (Å²) in [5, 5.41) is 0. The SMILES string of the molecule is CC1=C(C)CC(C)(C)C(=O)CC1. The van der Waals surface area contributed by atoms with Crippen LogP contribution in [0.1, 0.15) is 47.0 Å². The van der Waals surface area contributed by atoms with Gasteiger partial charge >= 0.3 is 0 Å². The molecule has 1 rings (SSSR count). The molecule has 0 spiro atoms. The average Bonchev–Trinajstić information content (AvgIpc) is 2.03. The summed E-state index contributed by atoms with van der Waals surface area (Å²) in [6, 6.07) is 0. The second-order valence-corrected chi connectivity index (χ2v) is 4.54. The van der Waals surface area contributed by atoms with E-state index in [9.17, 15) is 4.79 Å². The monoisotopic (exact) mass is 166 g/mol. The molecule has 0 aliphatic heterocycles. The zero-order valence-corrected chi connectivity index (χ0v) is 8.53. The largest absolute Gasteiger partial charge is 0.299 e. The first kappa shape index (κ1) is 9.50. The Bertz CT molecular complexity index is 233. The first-order valence-corrected chi connectivity index (χ1v) is 4.62. The summed E-state index contributed by atoms with van der Waals surface area (Å²) in [5.74, 6) is 0.415. The third-order valence-corrected chi connectivity index (χ3v) is 2.92. The van der Waals surface area contributed by atoms with Crippen molar-refractivity contribution < 1.29 is 4.79 Å². The van der Waals surface area contributed by atoms with Crippen molar-refractivity contribution in [2.75, 3.05) is 0 Å². The highest BCUT2D eigenvalue weighted by Crippen LogP contribution is 2.33. The molecule has 1 nitrogen and oxygen atoms in total. The van der Waals surface area contributed by atoms with Crippen LogP contribution in [0.4, 0.5) is 0 Å². The minimum Gasteiger partial charge on any atom is -0.299 e. The molecule has 0 N–H and O–H groups in total. The summed E-state index contributed by atoms with van der Waals surface area (Å²) < 4.78 is 0. The molecule has 0 bridgehead atoms. The van der Waals surface area contributed by atoms with Crippen molar-refractivity contribution in [3.05, 3.63) is 11.1 Å². The lowest BCUT2D eigenvalue weighted by molar-refractivity contribution is -0.126. The number of carbonyl (C=O) groups excluding carboxylic acids is 1. The Hall–Kier alpha value is -0.590. The van der Waals surface area contributed by atoms with E-state index in [0.717, 1.165) is 19.3 Å². The van der Waals surface area contributed by atoms with E-state index in [0.29, 0.717) is 5.78 Å². The van der Waals surface area contributed by atoms with Gasteiger partial charge in [0.2, 0.25) is 0 Å². The van der Waals surface area contributed by atoms with Gasteiger partial charge in [-0.25, -0.2) is 0 Å². The molecule has 1 aliphatic carbocycles. The van der Waals surface area contributed by atoms with Gasteiger partial charge in [0.25, 0.3) is 0 Å². The van der Waals surface area contributed by atoms with Gasteiger partial charge in [-0.2, -0.15) is 0 Å². The zero-order chi connectivity index (χ0) is 9.35. The predicted octanol–water partition coefficient (Wildman–Crippen LogP) is 3.10. The van der Waals surface area contributed by atoms with Crippen LogP contribution in [-0.4, -0.2) is 5.78 Å². The fourth-order valence-electron chi connectivity index (χ4n) is 1.77. The Morgan fingerprint density at radius 1 is 1.08 bits per heavy atom. The van der Waals surface area contributed by atoms with Crippen LogP contribution in [0.15, 0.2) is 11.1 Å². The van der Waals surface area contributed by atoms with Crippen LogP contribution in [0.5, 0.6) is 0 Å². The van der Waals surface area contributed by atoms with Gasteiger partial charge in [-0.3, -0.25) is 4.79 Å². The molecule has 0 fully saturated rings. The van der Waals surface area contributed by atoms with Gasteiger partial charge < -0.3 is 0 Å². The molecule has 0 saturated heterocycles. The molecule has 0 heterocycles. The van der Waals surface area contributed by atoms with E-state index in [1.807, 2.05) is 0 Å². The summed E-state index contributed by atoms with van der Waals surface area (Å²) in [5.41, 5.74) is 2.70. The van der Waals surface area contributed by atoms with E-state index in [1.54, 1.807) is 0 Å². The molecule has 68 valence electrons. The van der Waals surface area contributed by atoms with Crippen molar-refractivity contribution in [3.63, 3.8) is 0 Å². The minimum absolute atomic E-state index is 0.123. The van der Waals surface area contributed by atoms with E-state index < -0.39 is 0 Å². The molecular formula is C11H18O. The molecule has 0 radical (unpaired) electrons. The molecule has 1 aliphatic rings. The van der Waals surface area contributed by atoms with Crippen LogP contribution >= 0.6 is 0 Å². The summed E-state index contributed by atoms with van der Waals surface area (Å²) in [6.07, 6.45) is 2.64. The third kappa shape index (κ3) is 1.77. The predicted molar refractivity (Wildman–Crippen MR) is 51.0 cm³/mol. The molecule has 0 aromatic rings. The number of rotatable bonds is 0. The molecule has 0 amide bonds. The lowest BCUT2D eigenvalue weighted by atomic mass is 9.82. The highest BCUT2D eigenvalue weighted by Gasteiger charge is 2.29. The summed E-state index contributed by atoms with van der Waals surface area (Å²) in [7, 11) is 0. The second kappa shape index (κ2) is 3.04. The van der Waals surface area contributed by atoms with Crippen LogP contribution in [0, 0.1) is 5.41 Å². The standard InChI is InChI=1S/C11H18O/c1-8-5-6-10(12)11(3,4)7-9(8)2/h5-7H2,1-4H3. The van der Waals surface area contributed by atoms with Crippen molar-refractivity contribution >= 4 is 5.78 Å². The van der Waals surface area contributed by atoms with Crippen molar-refractivity contribution in [2.45, 2.75) is 47.0 Å². The molecular weight excluding hydrogens is 148 g/mol. The smallest absolute Gasteiger partial charge is 0.139 e. The first-order chi connectivity index (χ1) is 5.43. The van der Waals surface area contributed by atoms with Crippen molar-refractivity contribution in [1.82, 2.24) is 0 Å². The molecule has 12 heavy (non-hydrogen) atoms. The minimum atomic E-state index is -0.123. The van der Waals surface area contributed by atoms with Crippen LogP contribution in [-0.2, 0) is 4.79 Å². The fraction of sp³-hybridized carbons (Fsp3) is 0.727. The number of allylic oxidation sites excluding steroid dienone is 2. The van der Waals surface area contributed by atoms with Crippen molar-refractivity contribution in [2.24, 2.45) is 5.41 Å². The van der Waals surface area contributed by atoms with Crippen LogP contribution in [0.2, 0.25) is 0 Å². The van der Waals surface area contributed by atoms with E-state index in [2.05, 4.69) is 27.7 Å². The molecule has 0 atom stereocenters. The lowest BCUT2D eigenvalue weighted by Crippen LogP contribution is -2.22. The third-order valence-electron chi connectivity index (χ3n) is 2.92. The van der Waals surface area contributed by atoms with Gasteiger partial charge in [-0.15, -0.1) is 0 Å². The number of Topliss-reactive ketones (excluding diaryl/α,β-unsaturated/α-hetero) is 1. The maximum absolute atomic E-state index is 11.6. The maximum atomic E-state index is 11.6. The fourth-order valence-corrected chi connectivity index (χ4v) is 1.77. The van der Waals surface area contributed by atoms with Gasteiger partial charge in [-0.05, 0) is 26.7 Å². The molecule has 0 unspecified atom stereocenters. The van der Waals surface area contributed by atoms with E-state index in [-0.39, 0.29) is 5.41 Å². The lowest BCUT2D eigenvalue weighted by Gasteiger charge is -2.20. The molecule has 1 heteroatoms. The normalized spacial score (nSPS) is 24.2. The van der Waals surface area contributed by atoms with Crippen molar-refractivity contribution in [1.29, 1.82) is 0 Å².